The Labute approximate surface area is 165 Å². The predicted octanol–water partition coefficient (Wildman–Crippen LogP) is 3.42. The normalized spacial score (nSPS) is 19.3. The van der Waals surface area contributed by atoms with Crippen LogP contribution in [0.5, 0.6) is 0 Å². The fourth-order valence-corrected chi connectivity index (χ4v) is 5.96. The van der Waals surface area contributed by atoms with Gasteiger partial charge in [-0.2, -0.15) is 0 Å². The Morgan fingerprint density at radius 3 is 2.93 bits per heavy atom. The van der Waals surface area contributed by atoms with Gasteiger partial charge in [0.15, 0.2) is 5.82 Å². The average molecular weight is 395 g/mol. The van der Waals surface area contributed by atoms with E-state index in [1.807, 2.05) is 47.0 Å². The standard InChI is InChI=1S/C21H19N3OS2/c1-13-15-8-10-26-17(15)7-9-24(13)11-18-22-20(25)19-16(12-27-21(19)23-18)14-5-3-2-4-6-14/h2-6,8,10,12-13H,7,9,11H2,1H3,(H,22,23,25)/p+1/t13-/m1/s1. The zero-order valence-corrected chi connectivity index (χ0v) is 16.6. The molecule has 1 aromatic carbocycles. The molecule has 3 aromatic heterocycles. The molecule has 136 valence electrons. The number of fused-ring (bicyclic) bond motifs is 2. The van der Waals surface area contributed by atoms with Crippen molar-refractivity contribution in [2.24, 2.45) is 0 Å². The lowest BCUT2D eigenvalue weighted by Gasteiger charge is -2.30. The van der Waals surface area contributed by atoms with Crippen LogP contribution in [0.15, 0.2) is 52.0 Å². The van der Waals surface area contributed by atoms with Gasteiger partial charge < -0.3 is 9.88 Å². The number of hydrogen-bond acceptors (Lipinski definition) is 4. The van der Waals surface area contributed by atoms with E-state index in [2.05, 4.69) is 23.4 Å². The number of aromatic nitrogens is 2. The van der Waals surface area contributed by atoms with Gasteiger partial charge in [0.25, 0.3) is 5.56 Å². The number of nitrogens with one attached hydrogen (secondary N) is 2. The van der Waals surface area contributed by atoms with Crippen molar-refractivity contribution >= 4 is 32.9 Å². The van der Waals surface area contributed by atoms with Crippen molar-refractivity contribution in [1.82, 2.24) is 9.97 Å². The first kappa shape index (κ1) is 16.9. The Hall–Kier alpha value is -2.28. The Morgan fingerprint density at radius 2 is 2.07 bits per heavy atom. The summed E-state index contributed by atoms with van der Waals surface area (Å²) in [4.78, 5) is 24.5. The molecule has 6 heteroatoms. The molecule has 0 bridgehead atoms. The second-order valence-corrected chi connectivity index (χ2v) is 8.92. The molecule has 1 unspecified atom stereocenters. The number of aromatic amines is 1. The highest BCUT2D eigenvalue weighted by atomic mass is 32.1. The quantitative estimate of drug-likeness (QED) is 0.559. The Balaban J connectivity index is 1.48. The number of nitrogens with zero attached hydrogens (tertiary/aromatic N) is 1. The summed E-state index contributed by atoms with van der Waals surface area (Å²) in [5.41, 5.74) is 3.45. The molecule has 0 radical (unpaired) electrons. The molecule has 0 aliphatic carbocycles. The van der Waals surface area contributed by atoms with Gasteiger partial charge in [-0.25, -0.2) is 4.98 Å². The van der Waals surface area contributed by atoms with Gasteiger partial charge in [0.2, 0.25) is 0 Å². The number of benzene rings is 1. The Kier molecular flexibility index (Phi) is 4.19. The molecule has 27 heavy (non-hydrogen) atoms. The van der Waals surface area contributed by atoms with Crippen LogP contribution >= 0.6 is 22.7 Å². The summed E-state index contributed by atoms with van der Waals surface area (Å²) in [6.07, 6.45) is 1.11. The highest BCUT2D eigenvalue weighted by Gasteiger charge is 2.29. The lowest BCUT2D eigenvalue weighted by Crippen LogP contribution is -3.11. The maximum atomic E-state index is 12.8. The summed E-state index contributed by atoms with van der Waals surface area (Å²) in [7, 11) is 0. The summed E-state index contributed by atoms with van der Waals surface area (Å²) in [6.45, 7) is 4.10. The third kappa shape index (κ3) is 2.94. The lowest BCUT2D eigenvalue weighted by atomic mass is 10.0. The van der Waals surface area contributed by atoms with Gasteiger partial charge in [-0.05, 0) is 23.9 Å². The van der Waals surface area contributed by atoms with E-state index >= 15 is 0 Å². The van der Waals surface area contributed by atoms with Gasteiger partial charge in [0.05, 0.1) is 11.9 Å². The van der Waals surface area contributed by atoms with E-state index in [4.69, 9.17) is 4.98 Å². The van der Waals surface area contributed by atoms with Gasteiger partial charge in [0, 0.05) is 27.8 Å². The molecule has 0 spiro atoms. The van der Waals surface area contributed by atoms with E-state index in [-0.39, 0.29) is 5.56 Å². The number of hydrogen-bond donors (Lipinski definition) is 2. The summed E-state index contributed by atoms with van der Waals surface area (Å²) >= 11 is 3.41. The van der Waals surface area contributed by atoms with Crippen LogP contribution in [0.2, 0.25) is 0 Å². The molecule has 4 nitrogen and oxygen atoms in total. The van der Waals surface area contributed by atoms with Gasteiger partial charge in [-0.15, -0.1) is 22.7 Å². The van der Waals surface area contributed by atoms with Gasteiger partial charge in [-0.3, -0.25) is 4.79 Å². The van der Waals surface area contributed by atoms with E-state index in [1.54, 1.807) is 11.3 Å². The number of rotatable bonds is 3. The molecule has 1 aliphatic heterocycles. The van der Waals surface area contributed by atoms with Crippen LogP contribution in [-0.4, -0.2) is 16.5 Å². The molecule has 4 heterocycles. The largest absolute Gasteiger partial charge is 0.322 e. The van der Waals surface area contributed by atoms with Crippen molar-refractivity contribution in [3.63, 3.8) is 0 Å². The monoisotopic (exact) mass is 394 g/mol. The fraction of sp³-hybridized carbons (Fsp3) is 0.238. The summed E-state index contributed by atoms with van der Waals surface area (Å²) in [5, 5.41) is 4.93. The van der Waals surface area contributed by atoms with Crippen LogP contribution in [0.25, 0.3) is 21.3 Å². The van der Waals surface area contributed by atoms with Gasteiger partial charge in [0.1, 0.15) is 17.4 Å². The zero-order chi connectivity index (χ0) is 18.4. The molecular formula is C21H20N3OS2+. The van der Waals surface area contributed by atoms with Crippen LogP contribution in [0, 0.1) is 0 Å². The first-order valence-corrected chi connectivity index (χ1v) is 10.9. The second kappa shape index (κ2) is 6.71. The average Bonchev–Trinajstić information content (AvgIpc) is 3.32. The Morgan fingerprint density at radius 1 is 1.22 bits per heavy atom. The molecule has 0 saturated heterocycles. The van der Waals surface area contributed by atoms with Crippen LogP contribution in [0.4, 0.5) is 0 Å². The smallest absolute Gasteiger partial charge is 0.260 e. The van der Waals surface area contributed by atoms with E-state index in [1.165, 1.54) is 15.3 Å². The molecule has 4 aromatic rings. The summed E-state index contributed by atoms with van der Waals surface area (Å²) < 4.78 is 0. The van der Waals surface area contributed by atoms with Crippen molar-refractivity contribution < 1.29 is 4.90 Å². The first-order valence-electron chi connectivity index (χ1n) is 9.17. The molecule has 5 rings (SSSR count). The SMILES string of the molecule is C[C@@H]1c2ccsc2CC[NH+]1Cc1nc2scc(-c3ccccc3)c2c(=O)[nH]1. The maximum absolute atomic E-state index is 12.8. The van der Waals surface area contributed by atoms with Crippen molar-refractivity contribution in [3.8, 4) is 11.1 Å². The highest BCUT2D eigenvalue weighted by Crippen LogP contribution is 2.30. The van der Waals surface area contributed by atoms with Crippen LogP contribution in [0.3, 0.4) is 0 Å². The first-order chi connectivity index (χ1) is 13.2. The maximum Gasteiger partial charge on any atom is 0.260 e. The molecule has 1 aliphatic rings. The molecule has 0 amide bonds. The van der Waals surface area contributed by atoms with Crippen molar-refractivity contribution in [1.29, 1.82) is 0 Å². The van der Waals surface area contributed by atoms with E-state index in [0.717, 1.165) is 41.3 Å². The molecule has 2 N–H and O–H groups in total. The van der Waals surface area contributed by atoms with Crippen molar-refractivity contribution in [2.45, 2.75) is 25.9 Å². The van der Waals surface area contributed by atoms with Gasteiger partial charge >= 0.3 is 0 Å². The second-order valence-electron chi connectivity index (χ2n) is 7.06. The molecular weight excluding hydrogens is 374 g/mol. The minimum absolute atomic E-state index is 0.0320. The number of thiophene rings is 2. The fourth-order valence-electron chi connectivity index (χ4n) is 4.01. The van der Waals surface area contributed by atoms with E-state index < -0.39 is 0 Å². The van der Waals surface area contributed by atoms with Crippen LogP contribution in [0.1, 0.15) is 29.2 Å². The van der Waals surface area contributed by atoms with Crippen LogP contribution < -0.4 is 10.5 Å². The third-order valence-corrected chi connectivity index (χ3v) is 7.37. The third-order valence-electron chi connectivity index (χ3n) is 5.50. The van der Waals surface area contributed by atoms with Crippen molar-refractivity contribution in [3.05, 3.63) is 73.8 Å². The lowest BCUT2D eigenvalue weighted by molar-refractivity contribution is -0.945. The van der Waals surface area contributed by atoms with E-state index in [0.29, 0.717) is 11.4 Å². The topological polar surface area (TPSA) is 50.2 Å². The summed E-state index contributed by atoms with van der Waals surface area (Å²) in [6, 6.07) is 12.7. The molecule has 2 atom stereocenters. The van der Waals surface area contributed by atoms with Gasteiger partial charge in [-0.1, -0.05) is 30.3 Å². The molecule has 0 fully saturated rings. The number of H-pyrrole nitrogens is 1. The molecule has 0 saturated carbocycles. The van der Waals surface area contributed by atoms with Crippen LogP contribution in [-0.2, 0) is 13.0 Å². The minimum Gasteiger partial charge on any atom is -0.322 e. The highest BCUT2D eigenvalue weighted by molar-refractivity contribution is 7.17. The zero-order valence-electron chi connectivity index (χ0n) is 15.0. The van der Waals surface area contributed by atoms with E-state index in [9.17, 15) is 4.79 Å². The Bertz CT molecular complexity index is 1160. The number of quaternary nitrogens is 1. The minimum atomic E-state index is -0.0320. The summed E-state index contributed by atoms with van der Waals surface area (Å²) in [5.74, 6) is 0.787. The predicted molar refractivity (Wildman–Crippen MR) is 112 cm³/mol. The van der Waals surface area contributed by atoms with Crippen molar-refractivity contribution in [2.75, 3.05) is 6.54 Å².